The largest absolute Gasteiger partial charge is 0.385 e. The average molecular weight is 263 g/mol. The van der Waals surface area contributed by atoms with Gasteiger partial charge >= 0.3 is 0 Å². The van der Waals surface area contributed by atoms with E-state index in [1.165, 1.54) is 5.56 Å². The van der Waals surface area contributed by atoms with Gasteiger partial charge in [0.25, 0.3) is 0 Å². The Morgan fingerprint density at radius 3 is 1.89 bits per heavy atom. The molecule has 2 N–H and O–H groups in total. The standard InChI is InChI=1S/C17H29NO/c1-13(2)18-12-11-17(6,19)15-9-7-14(8-10-15)16(3,4)5/h7-10,13,18-19H,11-12H2,1-6H3. The topological polar surface area (TPSA) is 32.3 Å². The molecule has 0 aliphatic carbocycles. The minimum atomic E-state index is -0.766. The lowest BCUT2D eigenvalue weighted by Crippen LogP contribution is -2.31. The molecule has 108 valence electrons. The van der Waals surface area contributed by atoms with Crippen molar-refractivity contribution in [3.8, 4) is 0 Å². The molecule has 1 atom stereocenters. The van der Waals surface area contributed by atoms with E-state index in [4.69, 9.17) is 0 Å². The Hall–Kier alpha value is -0.860. The van der Waals surface area contributed by atoms with E-state index < -0.39 is 5.60 Å². The lowest BCUT2D eigenvalue weighted by molar-refractivity contribution is 0.0475. The van der Waals surface area contributed by atoms with Crippen molar-refractivity contribution in [1.29, 1.82) is 0 Å². The van der Waals surface area contributed by atoms with Crippen LogP contribution in [0.1, 0.15) is 59.1 Å². The molecule has 0 saturated heterocycles. The van der Waals surface area contributed by atoms with Crippen molar-refractivity contribution in [1.82, 2.24) is 5.32 Å². The van der Waals surface area contributed by atoms with Crippen molar-refractivity contribution >= 4 is 0 Å². The third-order valence-electron chi connectivity index (χ3n) is 3.54. The van der Waals surface area contributed by atoms with Gasteiger partial charge in [-0.2, -0.15) is 0 Å². The monoisotopic (exact) mass is 263 g/mol. The smallest absolute Gasteiger partial charge is 0.0880 e. The molecule has 0 heterocycles. The Labute approximate surface area is 118 Å². The van der Waals surface area contributed by atoms with Gasteiger partial charge in [-0.05, 0) is 36.4 Å². The van der Waals surface area contributed by atoms with Gasteiger partial charge in [-0.25, -0.2) is 0 Å². The summed E-state index contributed by atoms with van der Waals surface area (Å²) < 4.78 is 0. The predicted molar refractivity (Wildman–Crippen MR) is 82.5 cm³/mol. The molecular formula is C17H29NO. The molecule has 2 nitrogen and oxygen atoms in total. The highest BCUT2D eigenvalue weighted by Crippen LogP contribution is 2.28. The Morgan fingerprint density at radius 2 is 1.47 bits per heavy atom. The quantitative estimate of drug-likeness (QED) is 0.851. The lowest BCUT2D eigenvalue weighted by atomic mass is 9.84. The summed E-state index contributed by atoms with van der Waals surface area (Å²) in [6.45, 7) is 13.6. The molecule has 0 saturated carbocycles. The maximum atomic E-state index is 10.6. The van der Waals surface area contributed by atoms with E-state index in [-0.39, 0.29) is 5.41 Å². The number of rotatable bonds is 5. The number of aliphatic hydroxyl groups is 1. The molecule has 2 heteroatoms. The van der Waals surface area contributed by atoms with E-state index in [9.17, 15) is 5.11 Å². The molecule has 0 radical (unpaired) electrons. The van der Waals surface area contributed by atoms with E-state index in [0.717, 1.165) is 18.5 Å². The summed E-state index contributed by atoms with van der Waals surface area (Å²) in [6, 6.07) is 8.81. The maximum absolute atomic E-state index is 10.6. The second-order valence-corrected chi connectivity index (χ2v) is 6.96. The maximum Gasteiger partial charge on any atom is 0.0880 e. The van der Waals surface area contributed by atoms with E-state index in [1.807, 2.05) is 6.92 Å². The molecule has 1 aromatic carbocycles. The van der Waals surface area contributed by atoms with Crippen LogP contribution < -0.4 is 5.32 Å². The van der Waals surface area contributed by atoms with E-state index in [2.05, 4.69) is 64.2 Å². The first-order valence-corrected chi connectivity index (χ1v) is 7.20. The van der Waals surface area contributed by atoms with Gasteiger partial charge in [0.05, 0.1) is 5.60 Å². The van der Waals surface area contributed by atoms with Gasteiger partial charge in [-0.3, -0.25) is 0 Å². The Kier molecular flexibility index (Phi) is 5.17. The van der Waals surface area contributed by atoms with Crippen molar-refractivity contribution in [2.75, 3.05) is 6.54 Å². The highest BCUT2D eigenvalue weighted by Gasteiger charge is 2.23. The zero-order valence-electron chi connectivity index (χ0n) is 13.2. The fraction of sp³-hybridized carbons (Fsp3) is 0.647. The second-order valence-electron chi connectivity index (χ2n) is 6.96. The van der Waals surface area contributed by atoms with Gasteiger partial charge in [-0.1, -0.05) is 58.9 Å². The molecule has 0 aromatic heterocycles. The molecule has 1 unspecified atom stereocenters. The van der Waals surface area contributed by atoms with Gasteiger partial charge in [0.1, 0.15) is 0 Å². The molecule has 1 rings (SSSR count). The van der Waals surface area contributed by atoms with Gasteiger partial charge in [-0.15, -0.1) is 0 Å². The summed E-state index contributed by atoms with van der Waals surface area (Å²) in [6.07, 6.45) is 0.722. The molecule has 0 fully saturated rings. The fourth-order valence-electron chi connectivity index (χ4n) is 2.08. The van der Waals surface area contributed by atoms with Crippen molar-refractivity contribution in [2.45, 2.75) is 65.0 Å². The van der Waals surface area contributed by atoms with Crippen LogP contribution in [0.4, 0.5) is 0 Å². The summed E-state index contributed by atoms with van der Waals surface area (Å²) in [4.78, 5) is 0. The van der Waals surface area contributed by atoms with Gasteiger partial charge in [0, 0.05) is 6.04 Å². The van der Waals surface area contributed by atoms with Crippen LogP contribution in [-0.2, 0) is 11.0 Å². The van der Waals surface area contributed by atoms with Crippen LogP contribution >= 0.6 is 0 Å². The van der Waals surface area contributed by atoms with Gasteiger partial charge in [0.2, 0.25) is 0 Å². The molecule has 0 spiro atoms. The first-order valence-electron chi connectivity index (χ1n) is 7.20. The van der Waals surface area contributed by atoms with Crippen LogP contribution in [0.2, 0.25) is 0 Å². The lowest BCUT2D eigenvalue weighted by Gasteiger charge is -2.26. The van der Waals surface area contributed by atoms with Crippen LogP contribution in [-0.4, -0.2) is 17.7 Å². The highest BCUT2D eigenvalue weighted by atomic mass is 16.3. The van der Waals surface area contributed by atoms with Crippen molar-refractivity contribution in [2.24, 2.45) is 0 Å². The summed E-state index contributed by atoms with van der Waals surface area (Å²) in [5, 5.41) is 13.9. The van der Waals surface area contributed by atoms with Crippen molar-refractivity contribution in [3.63, 3.8) is 0 Å². The van der Waals surface area contributed by atoms with E-state index >= 15 is 0 Å². The molecule has 1 aromatic rings. The van der Waals surface area contributed by atoms with Crippen LogP contribution in [0.15, 0.2) is 24.3 Å². The molecule has 0 aliphatic heterocycles. The minimum absolute atomic E-state index is 0.156. The Morgan fingerprint density at radius 1 is 1.00 bits per heavy atom. The number of hydrogen-bond donors (Lipinski definition) is 2. The van der Waals surface area contributed by atoms with Crippen molar-refractivity contribution in [3.05, 3.63) is 35.4 Å². The highest BCUT2D eigenvalue weighted by molar-refractivity contribution is 5.30. The molecule has 19 heavy (non-hydrogen) atoms. The van der Waals surface area contributed by atoms with Crippen LogP contribution in [0, 0.1) is 0 Å². The number of nitrogens with one attached hydrogen (secondary N) is 1. The summed E-state index contributed by atoms with van der Waals surface area (Å²) >= 11 is 0. The third kappa shape index (κ3) is 4.96. The zero-order chi connectivity index (χ0) is 14.7. The third-order valence-corrected chi connectivity index (χ3v) is 3.54. The summed E-state index contributed by atoms with van der Waals surface area (Å²) in [7, 11) is 0. The predicted octanol–water partition coefficient (Wildman–Crippen LogP) is 3.58. The summed E-state index contributed by atoms with van der Waals surface area (Å²) in [5.74, 6) is 0. The molecular weight excluding hydrogens is 234 g/mol. The zero-order valence-corrected chi connectivity index (χ0v) is 13.2. The normalized spacial score (nSPS) is 15.6. The van der Waals surface area contributed by atoms with Crippen LogP contribution in [0.5, 0.6) is 0 Å². The van der Waals surface area contributed by atoms with E-state index in [1.54, 1.807) is 0 Å². The second kappa shape index (κ2) is 6.06. The SMILES string of the molecule is CC(C)NCCC(C)(O)c1ccc(C(C)(C)C)cc1. The molecule has 0 bridgehead atoms. The summed E-state index contributed by atoms with van der Waals surface area (Å²) in [5.41, 5.74) is 1.68. The molecule has 0 aliphatic rings. The van der Waals surface area contributed by atoms with Gasteiger partial charge < -0.3 is 10.4 Å². The average Bonchev–Trinajstić information content (AvgIpc) is 2.27. The first kappa shape index (κ1) is 16.2. The number of hydrogen-bond acceptors (Lipinski definition) is 2. The number of benzene rings is 1. The Bertz CT molecular complexity index is 385. The van der Waals surface area contributed by atoms with Crippen molar-refractivity contribution < 1.29 is 5.11 Å². The van der Waals surface area contributed by atoms with Crippen LogP contribution in [0.25, 0.3) is 0 Å². The fourth-order valence-corrected chi connectivity index (χ4v) is 2.08. The van der Waals surface area contributed by atoms with Gasteiger partial charge in [0.15, 0.2) is 0 Å². The van der Waals surface area contributed by atoms with Crippen LogP contribution in [0.3, 0.4) is 0 Å². The Balaban J connectivity index is 2.73. The minimum Gasteiger partial charge on any atom is -0.385 e. The molecule has 0 amide bonds. The van der Waals surface area contributed by atoms with E-state index in [0.29, 0.717) is 6.04 Å². The first-order chi connectivity index (χ1) is 8.63.